The molecule has 0 spiro atoms. The summed E-state index contributed by atoms with van der Waals surface area (Å²) in [5, 5.41) is 19.1. The number of aliphatic carboxylic acids is 1. The highest BCUT2D eigenvalue weighted by Gasteiger charge is 2.11. The zero-order valence-electron chi connectivity index (χ0n) is 8.88. The molecule has 0 fully saturated rings. The van der Waals surface area contributed by atoms with E-state index < -0.39 is 11.9 Å². The Morgan fingerprint density at radius 3 is 2.24 bits per heavy atom. The van der Waals surface area contributed by atoms with Gasteiger partial charge < -0.3 is 10.2 Å². The lowest BCUT2D eigenvalue weighted by molar-refractivity contribution is -0.136. The lowest BCUT2D eigenvalue weighted by atomic mass is 9.98. The molecular formula is C13H10O4. The van der Waals surface area contributed by atoms with Gasteiger partial charge in [-0.2, -0.15) is 0 Å². The molecule has 17 heavy (non-hydrogen) atoms. The fourth-order valence-corrected chi connectivity index (χ4v) is 1.88. The summed E-state index contributed by atoms with van der Waals surface area (Å²) >= 11 is 0. The largest absolute Gasteiger partial charge is 0.481 e. The van der Waals surface area contributed by atoms with Crippen LogP contribution in [0.1, 0.15) is 15.9 Å². The first-order valence-corrected chi connectivity index (χ1v) is 5.05. The SMILES string of the molecule is O=C(O)Cc1cccc2c(C(=O)O)cccc12. The van der Waals surface area contributed by atoms with Gasteiger partial charge in [0.05, 0.1) is 12.0 Å². The van der Waals surface area contributed by atoms with E-state index in [4.69, 9.17) is 10.2 Å². The Morgan fingerprint density at radius 2 is 1.59 bits per heavy atom. The standard InChI is InChI=1S/C13H10O4/c14-12(15)7-8-3-1-5-10-9(8)4-2-6-11(10)13(16)17/h1-6H,7H2,(H,14,15)(H,16,17). The van der Waals surface area contributed by atoms with Crippen molar-refractivity contribution in [2.75, 3.05) is 0 Å². The maximum absolute atomic E-state index is 11.0. The molecule has 0 amide bonds. The van der Waals surface area contributed by atoms with Gasteiger partial charge in [0.25, 0.3) is 0 Å². The number of fused-ring (bicyclic) bond motifs is 1. The van der Waals surface area contributed by atoms with Crippen molar-refractivity contribution >= 4 is 22.7 Å². The van der Waals surface area contributed by atoms with Crippen molar-refractivity contribution in [2.45, 2.75) is 6.42 Å². The average Bonchev–Trinajstić information content (AvgIpc) is 2.28. The topological polar surface area (TPSA) is 74.6 Å². The summed E-state index contributed by atoms with van der Waals surface area (Å²) in [6.45, 7) is 0. The van der Waals surface area contributed by atoms with Crippen molar-refractivity contribution in [3.05, 3.63) is 47.5 Å². The third-order valence-corrected chi connectivity index (χ3v) is 2.58. The van der Waals surface area contributed by atoms with E-state index in [-0.39, 0.29) is 12.0 Å². The molecule has 0 radical (unpaired) electrons. The van der Waals surface area contributed by atoms with Gasteiger partial charge in [-0.3, -0.25) is 4.79 Å². The molecular weight excluding hydrogens is 220 g/mol. The first-order chi connectivity index (χ1) is 8.09. The van der Waals surface area contributed by atoms with Crippen LogP contribution in [0.4, 0.5) is 0 Å². The van der Waals surface area contributed by atoms with Crippen LogP contribution >= 0.6 is 0 Å². The fourth-order valence-electron chi connectivity index (χ4n) is 1.88. The van der Waals surface area contributed by atoms with Crippen LogP contribution in [0.25, 0.3) is 10.8 Å². The van der Waals surface area contributed by atoms with Gasteiger partial charge in [-0.25, -0.2) is 4.79 Å². The molecule has 0 bridgehead atoms. The van der Waals surface area contributed by atoms with E-state index in [1.165, 1.54) is 6.07 Å². The third kappa shape index (κ3) is 2.10. The van der Waals surface area contributed by atoms with Crippen LogP contribution in [0.5, 0.6) is 0 Å². The zero-order chi connectivity index (χ0) is 12.4. The van der Waals surface area contributed by atoms with Crippen molar-refractivity contribution in [3.63, 3.8) is 0 Å². The Bertz CT molecular complexity index is 601. The summed E-state index contributed by atoms with van der Waals surface area (Å²) in [6, 6.07) is 9.92. The van der Waals surface area contributed by atoms with Crippen LogP contribution in [0.3, 0.4) is 0 Å². The second-order valence-corrected chi connectivity index (χ2v) is 3.69. The van der Waals surface area contributed by atoms with E-state index in [2.05, 4.69) is 0 Å². The van der Waals surface area contributed by atoms with Gasteiger partial charge in [0, 0.05) is 0 Å². The highest BCUT2D eigenvalue weighted by Crippen LogP contribution is 2.23. The minimum Gasteiger partial charge on any atom is -0.481 e. The Labute approximate surface area is 97.1 Å². The lowest BCUT2D eigenvalue weighted by Gasteiger charge is -2.06. The van der Waals surface area contributed by atoms with Crippen LogP contribution in [-0.2, 0) is 11.2 Å². The fraction of sp³-hybridized carbons (Fsp3) is 0.0769. The molecule has 2 N–H and O–H groups in total. The van der Waals surface area contributed by atoms with Crippen molar-refractivity contribution in [3.8, 4) is 0 Å². The van der Waals surface area contributed by atoms with Crippen LogP contribution in [0.15, 0.2) is 36.4 Å². The Balaban J connectivity index is 2.69. The van der Waals surface area contributed by atoms with Crippen LogP contribution in [0.2, 0.25) is 0 Å². The van der Waals surface area contributed by atoms with E-state index in [1.54, 1.807) is 30.3 Å². The van der Waals surface area contributed by atoms with E-state index in [9.17, 15) is 9.59 Å². The Morgan fingerprint density at radius 1 is 0.941 bits per heavy atom. The van der Waals surface area contributed by atoms with Crippen LogP contribution in [0, 0.1) is 0 Å². The molecule has 4 nitrogen and oxygen atoms in total. The quantitative estimate of drug-likeness (QED) is 0.847. The van der Waals surface area contributed by atoms with Gasteiger partial charge >= 0.3 is 11.9 Å². The summed E-state index contributed by atoms with van der Waals surface area (Å²) in [5.41, 5.74) is 0.813. The summed E-state index contributed by atoms with van der Waals surface area (Å²) in [5.74, 6) is -1.94. The van der Waals surface area contributed by atoms with Crippen LogP contribution in [-0.4, -0.2) is 22.2 Å². The normalized spacial score (nSPS) is 10.4. The molecule has 0 aliphatic carbocycles. The molecule has 0 heterocycles. The Hall–Kier alpha value is -2.36. The third-order valence-electron chi connectivity index (χ3n) is 2.58. The van der Waals surface area contributed by atoms with E-state index >= 15 is 0 Å². The first kappa shape index (κ1) is 11.1. The van der Waals surface area contributed by atoms with E-state index in [1.807, 2.05) is 0 Å². The van der Waals surface area contributed by atoms with Gasteiger partial charge in [0.2, 0.25) is 0 Å². The molecule has 0 aromatic heterocycles. The predicted octanol–water partition coefficient (Wildman–Crippen LogP) is 2.17. The molecule has 0 saturated heterocycles. The first-order valence-electron chi connectivity index (χ1n) is 5.05. The maximum Gasteiger partial charge on any atom is 0.336 e. The van der Waals surface area contributed by atoms with Gasteiger partial charge in [0.15, 0.2) is 0 Å². The number of benzene rings is 2. The smallest absolute Gasteiger partial charge is 0.336 e. The number of carboxylic acids is 2. The monoisotopic (exact) mass is 230 g/mol. The molecule has 2 aromatic rings. The summed E-state index contributed by atoms with van der Waals surface area (Å²) < 4.78 is 0. The van der Waals surface area contributed by atoms with Crippen molar-refractivity contribution < 1.29 is 19.8 Å². The van der Waals surface area contributed by atoms with E-state index in [0.29, 0.717) is 16.3 Å². The molecule has 86 valence electrons. The molecule has 0 aliphatic heterocycles. The minimum atomic E-state index is -1.01. The molecule has 4 heteroatoms. The summed E-state index contributed by atoms with van der Waals surface area (Å²) in [6.07, 6.45) is -0.111. The van der Waals surface area contributed by atoms with Gasteiger partial charge in [-0.05, 0) is 22.4 Å². The molecule has 0 unspecified atom stereocenters. The van der Waals surface area contributed by atoms with Gasteiger partial charge in [0.1, 0.15) is 0 Å². The number of hydrogen-bond acceptors (Lipinski definition) is 2. The molecule has 2 rings (SSSR count). The maximum atomic E-state index is 11.0. The molecule has 2 aromatic carbocycles. The van der Waals surface area contributed by atoms with Crippen molar-refractivity contribution in [1.82, 2.24) is 0 Å². The molecule has 0 atom stereocenters. The van der Waals surface area contributed by atoms with Crippen molar-refractivity contribution in [2.24, 2.45) is 0 Å². The number of carboxylic acid groups (broad SMARTS) is 2. The second-order valence-electron chi connectivity index (χ2n) is 3.69. The number of hydrogen-bond donors (Lipinski definition) is 2. The number of rotatable bonds is 3. The average molecular weight is 230 g/mol. The second kappa shape index (κ2) is 4.25. The van der Waals surface area contributed by atoms with E-state index in [0.717, 1.165) is 0 Å². The highest BCUT2D eigenvalue weighted by molar-refractivity contribution is 6.05. The molecule has 0 aliphatic rings. The number of carbonyl (C=O) groups is 2. The van der Waals surface area contributed by atoms with Gasteiger partial charge in [-0.15, -0.1) is 0 Å². The zero-order valence-corrected chi connectivity index (χ0v) is 8.88. The van der Waals surface area contributed by atoms with Crippen molar-refractivity contribution in [1.29, 1.82) is 0 Å². The summed E-state index contributed by atoms with van der Waals surface area (Å²) in [7, 11) is 0. The predicted molar refractivity (Wildman–Crippen MR) is 62.2 cm³/mol. The minimum absolute atomic E-state index is 0.111. The highest BCUT2D eigenvalue weighted by atomic mass is 16.4. The number of aromatic carboxylic acids is 1. The Kier molecular flexibility index (Phi) is 2.78. The van der Waals surface area contributed by atoms with Gasteiger partial charge in [-0.1, -0.05) is 30.3 Å². The molecule has 0 saturated carbocycles. The van der Waals surface area contributed by atoms with Crippen LogP contribution < -0.4 is 0 Å². The lowest BCUT2D eigenvalue weighted by Crippen LogP contribution is -2.02. The summed E-state index contributed by atoms with van der Waals surface area (Å²) in [4.78, 5) is 21.7.